The first-order chi connectivity index (χ1) is 9.75. The fraction of sp³-hybridized carbons (Fsp3) is 0.625. The molecule has 0 saturated carbocycles. The van der Waals surface area contributed by atoms with E-state index in [-0.39, 0.29) is 0 Å². The smallest absolute Gasteiger partial charge is 0.303 e. The van der Waals surface area contributed by atoms with Gasteiger partial charge in [-0.05, 0) is 43.4 Å². The van der Waals surface area contributed by atoms with E-state index in [9.17, 15) is 14.4 Å². The monoisotopic (exact) mass is 314 g/mol. The van der Waals surface area contributed by atoms with Crippen LogP contribution in [0.5, 0.6) is 0 Å². The van der Waals surface area contributed by atoms with Crippen LogP contribution in [0.1, 0.15) is 62.6 Å². The van der Waals surface area contributed by atoms with Crippen LogP contribution in [0.25, 0.3) is 0 Å². The molecule has 120 valence electrons. The van der Waals surface area contributed by atoms with Gasteiger partial charge >= 0.3 is 7.82 Å². The van der Waals surface area contributed by atoms with E-state index in [0.717, 1.165) is 36.0 Å². The third-order valence-corrected chi connectivity index (χ3v) is 4.56. The SMILES string of the molecule is CCCCC(CCC)(OP(=O)(O)O)c1cccc(C)c1C. The fourth-order valence-electron chi connectivity index (χ4n) is 2.87. The molecule has 1 aromatic carbocycles. The largest absolute Gasteiger partial charge is 0.470 e. The highest BCUT2D eigenvalue weighted by Crippen LogP contribution is 2.50. The number of phosphoric acid groups is 1. The lowest BCUT2D eigenvalue weighted by atomic mass is 9.81. The third kappa shape index (κ3) is 4.93. The predicted octanol–water partition coefficient (Wildman–Crippen LogP) is 4.60. The molecule has 21 heavy (non-hydrogen) atoms. The average molecular weight is 314 g/mol. The Morgan fingerprint density at radius 2 is 1.81 bits per heavy atom. The van der Waals surface area contributed by atoms with Gasteiger partial charge in [0.15, 0.2) is 0 Å². The van der Waals surface area contributed by atoms with E-state index in [1.165, 1.54) is 0 Å². The van der Waals surface area contributed by atoms with Crippen molar-refractivity contribution in [1.29, 1.82) is 0 Å². The van der Waals surface area contributed by atoms with Gasteiger partial charge in [-0.25, -0.2) is 4.57 Å². The van der Waals surface area contributed by atoms with Crippen molar-refractivity contribution in [1.82, 2.24) is 0 Å². The molecule has 4 nitrogen and oxygen atoms in total. The molecule has 0 aliphatic rings. The Hall–Kier alpha value is -0.670. The summed E-state index contributed by atoms with van der Waals surface area (Å²) in [5.74, 6) is 0. The highest BCUT2D eigenvalue weighted by molar-refractivity contribution is 7.46. The molecule has 0 heterocycles. The van der Waals surface area contributed by atoms with Crippen LogP contribution >= 0.6 is 7.82 Å². The molecule has 1 unspecified atom stereocenters. The molecule has 1 aromatic rings. The van der Waals surface area contributed by atoms with Crippen molar-refractivity contribution in [3.05, 3.63) is 34.9 Å². The zero-order valence-electron chi connectivity index (χ0n) is 13.4. The number of hydrogen-bond acceptors (Lipinski definition) is 2. The molecule has 5 heteroatoms. The molecule has 0 amide bonds. The van der Waals surface area contributed by atoms with E-state index in [4.69, 9.17) is 4.52 Å². The summed E-state index contributed by atoms with van der Waals surface area (Å²) in [6.07, 6.45) is 3.85. The van der Waals surface area contributed by atoms with E-state index in [0.29, 0.717) is 12.8 Å². The van der Waals surface area contributed by atoms with Crippen molar-refractivity contribution >= 4 is 7.82 Å². The molecule has 0 saturated heterocycles. The summed E-state index contributed by atoms with van der Waals surface area (Å²) in [6.45, 7) is 8.07. The number of rotatable bonds is 8. The maximum absolute atomic E-state index is 11.5. The van der Waals surface area contributed by atoms with E-state index in [2.05, 4.69) is 6.92 Å². The molecule has 0 aromatic heterocycles. The Morgan fingerprint density at radius 3 is 2.33 bits per heavy atom. The van der Waals surface area contributed by atoms with Crippen LogP contribution < -0.4 is 0 Å². The second-order valence-corrected chi connectivity index (χ2v) is 6.84. The van der Waals surface area contributed by atoms with Gasteiger partial charge in [0, 0.05) is 0 Å². The predicted molar refractivity (Wildman–Crippen MR) is 85.2 cm³/mol. The summed E-state index contributed by atoms with van der Waals surface area (Å²) >= 11 is 0. The van der Waals surface area contributed by atoms with Crippen LogP contribution in [0.3, 0.4) is 0 Å². The second kappa shape index (κ2) is 7.55. The maximum Gasteiger partial charge on any atom is 0.470 e. The van der Waals surface area contributed by atoms with E-state index in [1.807, 2.05) is 39.0 Å². The van der Waals surface area contributed by atoms with Crippen LogP contribution in [-0.2, 0) is 14.7 Å². The van der Waals surface area contributed by atoms with Crippen LogP contribution in [0.2, 0.25) is 0 Å². The summed E-state index contributed by atoms with van der Waals surface area (Å²) in [6, 6.07) is 5.87. The molecule has 0 spiro atoms. The average Bonchev–Trinajstić information content (AvgIpc) is 2.38. The Kier molecular flexibility index (Phi) is 6.61. The molecule has 1 rings (SSSR count). The molecule has 0 aliphatic heterocycles. The van der Waals surface area contributed by atoms with Crippen molar-refractivity contribution < 1.29 is 18.9 Å². The molecule has 0 aliphatic carbocycles. The summed E-state index contributed by atoms with van der Waals surface area (Å²) < 4.78 is 16.9. The Balaban J connectivity index is 3.38. The van der Waals surface area contributed by atoms with Crippen LogP contribution in [-0.4, -0.2) is 9.79 Å². The van der Waals surface area contributed by atoms with Crippen molar-refractivity contribution in [3.8, 4) is 0 Å². The van der Waals surface area contributed by atoms with Gasteiger partial charge in [-0.2, -0.15) is 0 Å². The molecule has 0 radical (unpaired) electrons. The van der Waals surface area contributed by atoms with Crippen LogP contribution in [0.15, 0.2) is 18.2 Å². The van der Waals surface area contributed by atoms with Crippen LogP contribution in [0.4, 0.5) is 0 Å². The molecular formula is C16H27O4P. The molecule has 0 bridgehead atoms. The van der Waals surface area contributed by atoms with Gasteiger partial charge in [0.25, 0.3) is 0 Å². The van der Waals surface area contributed by atoms with E-state index >= 15 is 0 Å². The minimum Gasteiger partial charge on any atom is -0.303 e. The van der Waals surface area contributed by atoms with Gasteiger partial charge in [0.2, 0.25) is 0 Å². The molecular weight excluding hydrogens is 287 g/mol. The van der Waals surface area contributed by atoms with Gasteiger partial charge in [-0.15, -0.1) is 0 Å². The number of aryl methyl sites for hydroxylation is 1. The lowest BCUT2D eigenvalue weighted by molar-refractivity contribution is 0.0119. The van der Waals surface area contributed by atoms with E-state index in [1.54, 1.807) is 0 Å². The van der Waals surface area contributed by atoms with Crippen molar-refractivity contribution in [3.63, 3.8) is 0 Å². The molecule has 2 N–H and O–H groups in total. The second-order valence-electron chi connectivity index (χ2n) is 5.68. The topological polar surface area (TPSA) is 66.8 Å². The van der Waals surface area contributed by atoms with E-state index < -0.39 is 13.4 Å². The van der Waals surface area contributed by atoms with Gasteiger partial charge in [-0.1, -0.05) is 51.3 Å². The Bertz CT molecular complexity index is 509. The van der Waals surface area contributed by atoms with Gasteiger partial charge in [0.05, 0.1) is 0 Å². The lowest BCUT2D eigenvalue weighted by Gasteiger charge is -2.36. The van der Waals surface area contributed by atoms with Gasteiger partial charge < -0.3 is 9.79 Å². The van der Waals surface area contributed by atoms with Crippen molar-refractivity contribution in [2.45, 2.75) is 65.4 Å². The van der Waals surface area contributed by atoms with Gasteiger partial charge in [0.1, 0.15) is 5.60 Å². The fourth-order valence-corrected chi connectivity index (χ4v) is 3.61. The summed E-state index contributed by atoms with van der Waals surface area (Å²) in [7, 11) is -4.56. The standard InChI is InChI=1S/C16H27O4P/c1-5-7-12-16(11-6-2,20-21(17,18)19)15-10-8-9-13(3)14(15)4/h8-10H,5-7,11-12H2,1-4H3,(H2,17,18,19). The summed E-state index contributed by atoms with van der Waals surface area (Å²) in [5.41, 5.74) is 2.16. The Labute approximate surface area is 127 Å². The van der Waals surface area contributed by atoms with Crippen molar-refractivity contribution in [2.24, 2.45) is 0 Å². The third-order valence-electron chi connectivity index (χ3n) is 3.98. The quantitative estimate of drug-likeness (QED) is 0.688. The first kappa shape index (κ1) is 18.4. The lowest BCUT2D eigenvalue weighted by Crippen LogP contribution is -2.30. The molecule has 1 atom stereocenters. The first-order valence-corrected chi connectivity index (χ1v) is 9.11. The zero-order chi connectivity index (χ0) is 16.1. The minimum atomic E-state index is -4.56. The summed E-state index contributed by atoms with van der Waals surface area (Å²) in [4.78, 5) is 18.8. The molecule has 0 fully saturated rings. The normalized spacial score (nSPS) is 15.0. The Morgan fingerprint density at radius 1 is 1.14 bits per heavy atom. The number of benzene rings is 1. The minimum absolute atomic E-state index is 0.600. The first-order valence-electron chi connectivity index (χ1n) is 7.58. The maximum atomic E-state index is 11.5. The van der Waals surface area contributed by atoms with Crippen molar-refractivity contribution in [2.75, 3.05) is 0 Å². The highest BCUT2D eigenvalue weighted by Gasteiger charge is 2.39. The summed E-state index contributed by atoms with van der Waals surface area (Å²) in [5, 5.41) is 0. The zero-order valence-corrected chi connectivity index (χ0v) is 14.3. The van der Waals surface area contributed by atoms with Crippen LogP contribution in [0, 0.1) is 13.8 Å². The van der Waals surface area contributed by atoms with Gasteiger partial charge in [-0.3, -0.25) is 4.52 Å². The number of unbranched alkanes of at least 4 members (excludes halogenated alkanes) is 1. The number of hydrogen-bond donors (Lipinski definition) is 2. The number of phosphoric ester groups is 1. The highest BCUT2D eigenvalue weighted by atomic mass is 31.2.